The first-order valence-electron chi connectivity index (χ1n) is 11.6. The molecule has 4 aromatic rings. The van der Waals surface area contributed by atoms with E-state index in [9.17, 15) is 0 Å². The van der Waals surface area contributed by atoms with Crippen molar-refractivity contribution < 1.29 is 0 Å². The number of halogens is 1. The molecular formula is C28H30ClN5. The third-order valence-electron chi connectivity index (χ3n) is 6.89. The maximum absolute atomic E-state index is 6.65. The van der Waals surface area contributed by atoms with Crippen molar-refractivity contribution in [2.24, 2.45) is 7.05 Å². The zero-order chi connectivity index (χ0) is 23.8. The summed E-state index contributed by atoms with van der Waals surface area (Å²) in [6.45, 7) is 5.92. The summed E-state index contributed by atoms with van der Waals surface area (Å²) in [5, 5.41) is 0.726. The van der Waals surface area contributed by atoms with Gasteiger partial charge in [0.05, 0.1) is 11.4 Å². The molecule has 1 fully saturated rings. The SMILES string of the molecule is Cc1c(N)c(-c2cccc(N3CCN(c4ccc(N)cc4)CC3)c2)c(-c2ccc(Cl)cc2)n1C. The summed E-state index contributed by atoms with van der Waals surface area (Å²) in [6, 6.07) is 24.8. The molecule has 0 radical (unpaired) electrons. The van der Waals surface area contributed by atoms with Crippen LogP contribution >= 0.6 is 11.6 Å². The third kappa shape index (κ3) is 4.08. The van der Waals surface area contributed by atoms with Gasteiger partial charge in [-0.15, -0.1) is 0 Å². The smallest absolute Gasteiger partial charge is 0.0610 e. The first-order chi connectivity index (χ1) is 16.4. The van der Waals surface area contributed by atoms with Crippen LogP contribution in [0.5, 0.6) is 0 Å². The molecule has 1 aromatic heterocycles. The van der Waals surface area contributed by atoms with Gasteiger partial charge in [-0.2, -0.15) is 0 Å². The summed E-state index contributed by atoms with van der Waals surface area (Å²) in [5.41, 5.74) is 22.0. The Bertz CT molecular complexity index is 1300. The average molecular weight is 472 g/mol. The van der Waals surface area contributed by atoms with Crippen LogP contribution in [0.25, 0.3) is 22.4 Å². The van der Waals surface area contributed by atoms with Gasteiger partial charge in [-0.25, -0.2) is 0 Å². The lowest BCUT2D eigenvalue weighted by atomic mass is 9.99. The van der Waals surface area contributed by atoms with E-state index in [2.05, 4.69) is 76.9 Å². The van der Waals surface area contributed by atoms with E-state index in [-0.39, 0.29) is 0 Å². The van der Waals surface area contributed by atoms with Crippen LogP contribution in [0.4, 0.5) is 22.7 Å². The number of hydrogen-bond acceptors (Lipinski definition) is 4. The van der Waals surface area contributed by atoms with Gasteiger partial charge in [0.15, 0.2) is 0 Å². The van der Waals surface area contributed by atoms with Crippen LogP contribution in [0.1, 0.15) is 5.69 Å². The van der Waals surface area contributed by atoms with Crippen molar-refractivity contribution in [2.75, 3.05) is 47.4 Å². The Balaban J connectivity index is 1.44. The molecule has 174 valence electrons. The quantitative estimate of drug-likeness (QED) is 0.368. The minimum atomic E-state index is 0.726. The number of aromatic nitrogens is 1. The second kappa shape index (κ2) is 8.99. The Morgan fingerprint density at radius 2 is 1.35 bits per heavy atom. The predicted octanol–water partition coefficient (Wildman–Crippen LogP) is 5.81. The topological polar surface area (TPSA) is 63.4 Å². The minimum Gasteiger partial charge on any atom is -0.399 e. The molecule has 0 spiro atoms. The maximum Gasteiger partial charge on any atom is 0.0610 e. The highest BCUT2D eigenvalue weighted by Gasteiger charge is 2.22. The summed E-state index contributed by atoms with van der Waals surface area (Å²) in [7, 11) is 2.07. The van der Waals surface area contributed by atoms with Crippen molar-refractivity contribution in [1.29, 1.82) is 0 Å². The summed E-state index contributed by atoms with van der Waals surface area (Å²) >= 11 is 6.15. The average Bonchev–Trinajstić information content (AvgIpc) is 3.09. The van der Waals surface area contributed by atoms with E-state index in [1.807, 2.05) is 24.3 Å². The van der Waals surface area contributed by atoms with Gasteiger partial charge in [0.25, 0.3) is 0 Å². The number of benzene rings is 3. The number of nitrogens with two attached hydrogens (primary N) is 2. The van der Waals surface area contributed by atoms with E-state index in [0.29, 0.717) is 0 Å². The van der Waals surface area contributed by atoms with Gasteiger partial charge in [-0.3, -0.25) is 0 Å². The molecule has 34 heavy (non-hydrogen) atoms. The number of nitrogens with zero attached hydrogens (tertiary/aromatic N) is 3. The first kappa shape index (κ1) is 22.2. The van der Waals surface area contributed by atoms with Crippen molar-refractivity contribution in [1.82, 2.24) is 4.57 Å². The molecule has 6 heteroatoms. The van der Waals surface area contributed by atoms with Gasteiger partial charge in [0.1, 0.15) is 0 Å². The van der Waals surface area contributed by atoms with E-state index in [0.717, 1.165) is 70.7 Å². The van der Waals surface area contributed by atoms with Crippen molar-refractivity contribution in [3.05, 3.63) is 83.5 Å². The molecular weight excluding hydrogens is 442 g/mol. The highest BCUT2D eigenvalue weighted by molar-refractivity contribution is 6.30. The fraction of sp³-hybridized carbons (Fsp3) is 0.214. The molecule has 3 aromatic carbocycles. The highest BCUT2D eigenvalue weighted by Crippen LogP contribution is 2.41. The van der Waals surface area contributed by atoms with Gasteiger partial charge < -0.3 is 25.8 Å². The number of hydrogen-bond donors (Lipinski definition) is 2. The zero-order valence-corrected chi connectivity index (χ0v) is 20.4. The molecule has 0 saturated carbocycles. The lowest BCUT2D eigenvalue weighted by molar-refractivity contribution is 0.654. The van der Waals surface area contributed by atoms with Gasteiger partial charge >= 0.3 is 0 Å². The highest BCUT2D eigenvalue weighted by atomic mass is 35.5. The first-order valence-corrected chi connectivity index (χ1v) is 12.0. The number of piperazine rings is 1. The summed E-state index contributed by atoms with van der Waals surface area (Å²) in [4.78, 5) is 4.86. The third-order valence-corrected chi connectivity index (χ3v) is 7.14. The lowest BCUT2D eigenvalue weighted by Crippen LogP contribution is -2.46. The van der Waals surface area contributed by atoms with Gasteiger partial charge in [0.2, 0.25) is 0 Å². The predicted molar refractivity (Wildman–Crippen MR) is 146 cm³/mol. The molecule has 4 N–H and O–H groups in total. The number of nitrogen functional groups attached to an aromatic ring is 2. The molecule has 1 aliphatic heterocycles. The Labute approximate surface area is 206 Å². The van der Waals surface area contributed by atoms with E-state index >= 15 is 0 Å². The van der Waals surface area contributed by atoms with E-state index < -0.39 is 0 Å². The van der Waals surface area contributed by atoms with Gasteiger partial charge in [-0.05, 0) is 66.6 Å². The summed E-state index contributed by atoms with van der Waals surface area (Å²) in [5.74, 6) is 0. The summed E-state index contributed by atoms with van der Waals surface area (Å²) in [6.07, 6.45) is 0. The molecule has 0 bridgehead atoms. The van der Waals surface area contributed by atoms with Crippen molar-refractivity contribution in [3.8, 4) is 22.4 Å². The normalized spacial score (nSPS) is 14.0. The fourth-order valence-corrected chi connectivity index (χ4v) is 4.95. The number of anilines is 4. The largest absolute Gasteiger partial charge is 0.399 e. The van der Waals surface area contributed by atoms with Crippen LogP contribution in [-0.2, 0) is 7.05 Å². The Morgan fingerprint density at radius 3 is 2.00 bits per heavy atom. The summed E-state index contributed by atoms with van der Waals surface area (Å²) < 4.78 is 2.17. The monoisotopic (exact) mass is 471 g/mol. The van der Waals surface area contributed by atoms with Gasteiger partial charge in [0, 0.05) is 66.6 Å². The maximum atomic E-state index is 6.65. The van der Waals surface area contributed by atoms with E-state index in [1.165, 1.54) is 11.4 Å². The van der Waals surface area contributed by atoms with Crippen LogP contribution in [-0.4, -0.2) is 30.7 Å². The second-order valence-corrected chi connectivity index (χ2v) is 9.34. The molecule has 0 amide bonds. The molecule has 2 heterocycles. The molecule has 5 rings (SSSR count). The van der Waals surface area contributed by atoms with Crippen LogP contribution in [0.3, 0.4) is 0 Å². The fourth-order valence-electron chi connectivity index (χ4n) is 4.83. The molecule has 5 nitrogen and oxygen atoms in total. The Kier molecular flexibility index (Phi) is 5.88. The standard InChI is InChI=1S/C28H30ClN5/c1-19-27(31)26(28(32(19)2)20-6-8-22(29)9-7-20)21-4-3-5-25(18-21)34-16-14-33(15-17-34)24-12-10-23(30)11-13-24/h3-13,18H,14-17,30-31H2,1-2H3. The van der Waals surface area contributed by atoms with Crippen LogP contribution in [0.2, 0.25) is 5.02 Å². The van der Waals surface area contributed by atoms with Crippen LogP contribution < -0.4 is 21.3 Å². The molecule has 0 atom stereocenters. The van der Waals surface area contributed by atoms with Crippen molar-refractivity contribution in [3.63, 3.8) is 0 Å². The second-order valence-electron chi connectivity index (χ2n) is 8.90. The Hall–Kier alpha value is -3.57. The minimum absolute atomic E-state index is 0.726. The van der Waals surface area contributed by atoms with Crippen LogP contribution in [0, 0.1) is 6.92 Å². The van der Waals surface area contributed by atoms with Crippen LogP contribution in [0.15, 0.2) is 72.8 Å². The van der Waals surface area contributed by atoms with E-state index in [4.69, 9.17) is 23.1 Å². The van der Waals surface area contributed by atoms with Crippen molar-refractivity contribution in [2.45, 2.75) is 6.92 Å². The number of rotatable bonds is 4. The van der Waals surface area contributed by atoms with E-state index in [1.54, 1.807) is 0 Å². The molecule has 1 aliphatic rings. The Morgan fingerprint density at radius 1 is 0.735 bits per heavy atom. The zero-order valence-electron chi connectivity index (χ0n) is 19.6. The van der Waals surface area contributed by atoms with Crippen molar-refractivity contribution >= 4 is 34.4 Å². The molecule has 1 saturated heterocycles. The molecule has 0 unspecified atom stereocenters. The lowest BCUT2D eigenvalue weighted by Gasteiger charge is -2.37. The van der Waals surface area contributed by atoms with Gasteiger partial charge in [-0.1, -0.05) is 35.9 Å². The molecule has 0 aliphatic carbocycles.